The lowest BCUT2D eigenvalue weighted by molar-refractivity contribution is -0.143. The number of esters is 1. The van der Waals surface area contributed by atoms with Gasteiger partial charge in [-0.15, -0.1) is 0 Å². The lowest BCUT2D eigenvalue weighted by Crippen LogP contribution is -2.35. The Labute approximate surface area is 185 Å². The van der Waals surface area contributed by atoms with Crippen molar-refractivity contribution in [3.63, 3.8) is 0 Å². The van der Waals surface area contributed by atoms with Gasteiger partial charge in [-0.25, -0.2) is 9.78 Å². The summed E-state index contributed by atoms with van der Waals surface area (Å²) in [5.74, 6) is -0.749. The van der Waals surface area contributed by atoms with Crippen LogP contribution in [0.3, 0.4) is 0 Å². The second-order valence-electron chi connectivity index (χ2n) is 6.96. The Morgan fingerprint density at radius 3 is 2.28 bits per heavy atom. The van der Waals surface area contributed by atoms with E-state index >= 15 is 0 Å². The Morgan fingerprint density at radius 1 is 0.906 bits per heavy atom. The third-order valence-electron chi connectivity index (χ3n) is 5.08. The summed E-state index contributed by atoms with van der Waals surface area (Å²) in [6.07, 6.45) is 3.10. The molecule has 32 heavy (non-hydrogen) atoms. The number of amides is 1. The molecule has 1 unspecified atom stereocenters. The quantitative estimate of drug-likeness (QED) is 0.469. The van der Waals surface area contributed by atoms with Crippen LogP contribution in [0.2, 0.25) is 0 Å². The van der Waals surface area contributed by atoms with Crippen LogP contribution in [0, 0.1) is 0 Å². The molecule has 2 aromatic carbocycles. The highest BCUT2D eigenvalue weighted by atomic mass is 16.5. The molecule has 0 aliphatic heterocycles. The van der Waals surface area contributed by atoms with Crippen LogP contribution in [0.4, 0.5) is 0 Å². The first-order valence-corrected chi connectivity index (χ1v) is 9.94. The van der Waals surface area contributed by atoms with Crippen LogP contribution in [0.25, 0.3) is 22.2 Å². The Balaban J connectivity index is 1.87. The van der Waals surface area contributed by atoms with E-state index in [4.69, 9.17) is 14.5 Å². The zero-order chi connectivity index (χ0) is 22.5. The number of fused-ring (bicyclic) bond motifs is 1. The van der Waals surface area contributed by atoms with Crippen LogP contribution in [0.5, 0.6) is 5.75 Å². The summed E-state index contributed by atoms with van der Waals surface area (Å²) in [4.78, 5) is 34.8. The van der Waals surface area contributed by atoms with Crippen LogP contribution in [0.15, 0.2) is 79.1 Å². The van der Waals surface area contributed by atoms with E-state index in [1.54, 1.807) is 30.6 Å². The maximum Gasteiger partial charge on any atom is 0.333 e. The molecule has 0 spiro atoms. The maximum atomic E-state index is 13.6. The van der Waals surface area contributed by atoms with Crippen molar-refractivity contribution in [3.8, 4) is 17.0 Å². The van der Waals surface area contributed by atoms with Gasteiger partial charge in [0.25, 0.3) is 5.91 Å². The summed E-state index contributed by atoms with van der Waals surface area (Å²) >= 11 is 0. The van der Waals surface area contributed by atoms with Crippen LogP contribution in [-0.2, 0) is 9.53 Å². The molecule has 1 amide bonds. The molecule has 2 heterocycles. The highest BCUT2D eigenvalue weighted by molar-refractivity contribution is 6.11. The van der Waals surface area contributed by atoms with Gasteiger partial charge in [0, 0.05) is 23.3 Å². The minimum absolute atomic E-state index is 0.292. The minimum atomic E-state index is -1.01. The molecule has 7 heteroatoms. The molecular formula is C25H21N3O4. The van der Waals surface area contributed by atoms with Gasteiger partial charge in [0.2, 0.25) is 0 Å². The predicted octanol–water partition coefficient (Wildman–Crippen LogP) is 3.95. The number of hydrogen-bond acceptors (Lipinski definition) is 6. The molecule has 0 saturated heterocycles. The van der Waals surface area contributed by atoms with E-state index in [9.17, 15) is 9.59 Å². The van der Waals surface area contributed by atoms with Gasteiger partial charge >= 0.3 is 5.97 Å². The Morgan fingerprint density at radius 2 is 1.59 bits per heavy atom. The van der Waals surface area contributed by atoms with Crippen molar-refractivity contribution >= 4 is 22.8 Å². The zero-order valence-corrected chi connectivity index (χ0v) is 17.6. The maximum absolute atomic E-state index is 13.6. The molecule has 0 aliphatic carbocycles. The number of nitrogens with zero attached hydrogens (tertiary/aromatic N) is 2. The molecule has 1 N–H and O–H groups in total. The second-order valence-corrected chi connectivity index (χ2v) is 6.96. The first-order chi connectivity index (χ1) is 15.6. The molecular weight excluding hydrogens is 406 g/mol. The van der Waals surface area contributed by atoms with Crippen molar-refractivity contribution < 1.29 is 19.1 Å². The van der Waals surface area contributed by atoms with Gasteiger partial charge in [-0.1, -0.05) is 48.5 Å². The monoisotopic (exact) mass is 427 g/mol. The minimum Gasteiger partial charge on any atom is -0.494 e. The van der Waals surface area contributed by atoms with Gasteiger partial charge in [0.15, 0.2) is 11.8 Å². The van der Waals surface area contributed by atoms with E-state index in [-0.39, 0.29) is 0 Å². The van der Waals surface area contributed by atoms with E-state index < -0.39 is 17.9 Å². The number of nitrogens with one attached hydrogen (secondary N) is 1. The van der Waals surface area contributed by atoms with Crippen LogP contribution < -0.4 is 10.1 Å². The number of ether oxygens (including phenoxy) is 2. The number of para-hydroxylation sites is 1. The highest BCUT2D eigenvalue weighted by Gasteiger charge is 2.28. The fourth-order valence-electron chi connectivity index (χ4n) is 3.57. The SMILES string of the molecule is COC(=O)C(NC(=O)c1c(OC)c(-c2ccccc2)nc2ccccc12)c1ccncc1. The van der Waals surface area contributed by atoms with Gasteiger partial charge in [-0.3, -0.25) is 9.78 Å². The largest absolute Gasteiger partial charge is 0.494 e. The van der Waals surface area contributed by atoms with E-state index in [0.29, 0.717) is 33.5 Å². The van der Waals surface area contributed by atoms with Crippen molar-refractivity contribution in [1.82, 2.24) is 15.3 Å². The molecule has 0 radical (unpaired) electrons. The Hall–Kier alpha value is -4.26. The van der Waals surface area contributed by atoms with Crippen molar-refractivity contribution in [2.75, 3.05) is 14.2 Å². The number of aromatic nitrogens is 2. The summed E-state index contributed by atoms with van der Waals surface area (Å²) in [6, 6.07) is 19.1. The Kier molecular flexibility index (Phi) is 6.07. The predicted molar refractivity (Wildman–Crippen MR) is 120 cm³/mol. The van der Waals surface area contributed by atoms with Crippen molar-refractivity contribution in [2.24, 2.45) is 0 Å². The summed E-state index contributed by atoms with van der Waals surface area (Å²) in [5.41, 5.74) is 2.83. The Bertz CT molecular complexity index is 1260. The first kappa shape index (κ1) is 21.0. The van der Waals surface area contributed by atoms with Gasteiger partial charge in [-0.2, -0.15) is 0 Å². The van der Waals surface area contributed by atoms with Gasteiger partial charge < -0.3 is 14.8 Å². The molecule has 2 aromatic heterocycles. The summed E-state index contributed by atoms with van der Waals surface area (Å²) in [6.45, 7) is 0. The van der Waals surface area contributed by atoms with Crippen LogP contribution in [-0.4, -0.2) is 36.1 Å². The zero-order valence-electron chi connectivity index (χ0n) is 17.6. The molecule has 0 saturated carbocycles. The normalized spacial score (nSPS) is 11.6. The standard InChI is InChI=1S/C25H21N3O4/c1-31-23-20(24(29)28-22(25(30)32-2)17-12-14-26-15-13-17)18-10-6-7-11-19(18)27-21(23)16-8-4-3-5-9-16/h3-15,22H,1-2H3,(H,28,29). The summed E-state index contributed by atoms with van der Waals surface area (Å²) in [7, 11) is 2.77. The molecule has 0 fully saturated rings. The van der Waals surface area contributed by atoms with Gasteiger partial charge in [-0.05, 0) is 23.8 Å². The van der Waals surface area contributed by atoms with Gasteiger partial charge in [0.05, 0.1) is 25.3 Å². The van der Waals surface area contributed by atoms with Crippen molar-refractivity contribution in [2.45, 2.75) is 6.04 Å². The van der Waals surface area contributed by atoms with Gasteiger partial charge in [0.1, 0.15) is 5.69 Å². The molecule has 1 atom stereocenters. The molecule has 7 nitrogen and oxygen atoms in total. The number of methoxy groups -OCH3 is 2. The second kappa shape index (κ2) is 9.26. The third-order valence-corrected chi connectivity index (χ3v) is 5.08. The number of hydrogen-bond donors (Lipinski definition) is 1. The molecule has 4 rings (SSSR count). The average Bonchev–Trinajstić information content (AvgIpc) is 2.86. The lowest BCUT2D eigenvalue weighted by Gasteiger charge is -2.20. The fraction of sp³-hybridized carbons (Fsp3) is 0.120. The summed E-state index contributed by atoms with van der Waals surface area (Å²) in [5, 5.41) is 3.41. The average molecular weight is 427 g/mol. The van der Waals surface area contributed by atoms with Crippen molar-refractivity contribution in [3.05, 3.63) is 90.3 Å². The third kappa shape index (κ3) is 4.00. The molecule has 4 aromatic rings. The number of benzene rings is 2. The van der Waals surface area contributed by atoms with E-state index in [0.717, 1.165) is 5.56 Å². The first-order valence-electron chi connectivity index (χ1n) is 9.94. The molecule has 0 bridgehead atoms. The van der Waals surface area contributed by atoms with E-state index in [2.05, 4.69) is 10.3 Å². The number of rotatable bonds is 6. The molecule has 160 valence electrons. The smallest absolute Gasteiger partial charge is 0.333 e. The molecule has 0 aliphatic rings. The number of pyridine rings is 2. The van der Waals surface area contributed by atoms with Crippen molar-refractivity contribution in [1.29, 1.82) is 0 Å². The summed E-state index contributed by atoms with van der Waals surface area (Å²) < 4.78 is 10.6. The van der Waals surface area contributed by atoms with Crippen LogP contribution in [0.1, 0.15) is 22.0 Å². The van der Waals surface area contributed by atoms with Crippen LogP contribution >= 0.6 is 0 Å². The number of carbonyl (C=O) groups excluding carboxylic acids is 2. The highest BCUT2D eigenvalue weighted by Crippen LogP contribution is 2.36. The van der Waals surface area contributed by atoms with E-state index in [1.165, 1.54) is 14.2 Å². The fourth-order valence-corrected chi connectivity index (χ4v) is 3.57. The lowest BCUT2D eigenvalue weighted by atomic mass is 10.0. The topological polar surface area (TPSA) is 90.4 Å². The number of carbonyl (C=O) groups is 2. The van der Waals surface area contributed by atoms with E-state index in [1.807, 2.05) is 48.5 Å².